The lowest BCUT2D eigenvalue weighted by Gasteiger charge is -2.32. The second-order valence-corrected chi connectivity index (χ2v) is 5.43. The molecule has 4 nitrogen and oxygen atoms in total. The van der Waals surface area contributed by atoms with E-state index in [4.69, 9.17) is 4.74 Å². The third kappa shape index (κ3) is 2.21. The molecule has 2 aliphatic heterocycles. The third-order valence-electron chi connectivity index (χ3n) is 4.09. The Bertz CT molecular complexity index is 495. The predicted molar refractivity (Wildman–Crippen MR) is 74.8 cm³/mol. The second kappa shape index (κ2) is 4.85. The molecule has 1 aromatic rings. The number of likely N-dealkylation sites (N-methyl/N-ethyl adjacent to an activating group) is 1. The number of carbonyl (C=O) groups is 1. The molecular weight excluding hydrogens is 240 g/mol. The summed E-state index contributed by atoms with van der Waals surface area (Å²) in [5, 5.41) is 3.43. The number of ether oxygens (including phenoxy) is 1. The van der Waals surface area contributed by atoms with Crippen molar-refractivity contribution in [3.63, 3.8) is 0 Å². The van der Waals surface area contributed by atoms with Crippen LogP contribution in [0.2, 0.25) is 0 Å². The van der Waals surface area contributed by atoms with Gasteiger partial charge in [-0.15, -0.1) is 0 Å². The zero-order valence-corrected chi connectivity index (χ0v) is 11.5. The summed E-state index contributed by atoms with van der Waals surface area (Å²) in [4.78, 5) is 13.7. The van der Waals surface area contributed by atoms with E-state index in [9.17, 15) is 4.79 Å². The highest BCUT2D eigenvalue weighted by atomic mass is 16.5. The number of anilines is 1. The van der Waals surface area contributed by atoms with Crippen LogP contribution < -0.4 is 15.0 Å². The highest BCUT2D eigenvalue weighted by Crippen LogP contribution is 2.36. The van der Waals surface area contributed by atoms with Crippen LogP contribution >= 0.6 is 0 Å². The number of nitrogens with one attached hydrogen (secondary N) is 1. The van der Waals surface area contributed by atoms with Crippen LogP contribution in [0.5, 0.6) is 5.75 Å². The maximum atomic E-state index is 12.0. The second-order valence-electron chi connectivity index (χ2n) is 5.43. The smallest absolute Gasteiger partial charge is 0.267 e. The summed E-state index contributed by atoms with van der Waals surface area (Å²) in [6.07, 6.45) is 2.03. The fourth-order valence-corrected chi connectivity index (χ4v) is 2.92. The molecule has 1 aromatic carbocycles. The van der Waals surface area contributed by atoms with Gasteiger partial charge < -0.3 is 15.0 Å². The van der Waals surface area contributed by atoms with E-state index in [-0.39, 0.29) is 12.0 Å². The van der Waals surface area contributed by atoms with Gasteiger partial charge in [0.25, 0.3) is 5.91 Å². The van der Waals surface area contributed by atoms with Gasteiger partial charge in [-0.2, -0.15) is 0 Å². The first-order chi connectivity index (χ1) is 9.16. The molecule has 2 heterocycles. The molecular formula is C15H20N2O2. The van der Waals surface area contributed by atoms with E-state index in [0.717, 1.165) is 24.5 Å². The molecule has 0 aromatic heterocycles. The molecule has 1 fully saturated rings. The van der Waals surface area contributed by atoms with Crippen molar-refractivity contribution < 1.29 is 9.53 Å². The zero-order chi connectivity index (χ0) is 13.4. The molecule has 19 heavy (non-hydrogen) atoms. The first-order valence-corrected chi connectivity index (χ1v) is 6.95. The largest absolute Gasteiger partial charge is 0.479 e. The van der Waals surface area contributed by atoms with Crippen molar-refractivity contribution in [3.05, 3.63) is 23.8 Å². The molecule has 2 atom stereocenters. The van der Waals surface area contributed by atoms with Gasteiger partial charge in [-0.3, -0.25) is 4.79 Å². The van der Waals surface area contributed by atoms with Gasteiger partial charge in [-0.1, -0.05) is 6.07 Å². The molecule has 102 valence electrons. The van der Waals surface area contributed by atoms with Crippen molar-refractivity contribution in [1.82, 2.24) is 5.32 Å². The average molecular weight is 260 g/mol. The fourth-order valence-electron chi connectivity index (χ4n) is 2.92. The molecule has 1 N–H and O–H groups in total. The molecule has 0 saturated carbocycles. The first-order valence-electron chi connectivity index (χ1n) is 6.95. The molecule has 0 radical (unpaired) electrons. The molecule has 0 spiro atoms. The van der Waals surface area contributed by atoms with Crippen LogP contribution in [0.4, 0.5) is 5.69 Å². The average Bonchev–Trinajstić information content (AvgIpc) is 2.46. The standard InChI is InChI=1S/C15H20N2O2/c1-10-15(18)17(2)13-8-11(5-6-14(13)19-10)12-4-3-7-16-9-12/h5-6,8,10,12,16H,3-4,7,9H2,1-2H3. The van der Waals surface area contributed by atoms with Crippen molar-refractivity contribution in [2.24, 2.45) is 0 Å². The van der Waals surface area contributed by atoms with Crippen molar-refractivity contribution in [1.29, 1.82) is 0 Å². The zero-order valence-electron chi connectivity index (χ0n) is 11.5. The lowest BCUT2D eigenvalue weighted by atomic mass is 9.91. The molecule has 3 rings (SSSR count). The highest BCUT2D eigenvalue weighted by molar-refractivity contribution is 5.99. The Morgan fingerprint density at radius 3 is 3.00 bits per heavy atom. The number of fused-ring (bicyclic) bond motifs is 1. The quantitative estimate of drug-likeness (QED) is 0.838. The summed E-state index contributed by atoms with van der Waals surface area (Å²) in [7, 11) is 1.82. The maximum Gasteiger partial charge on any atom is 0.267 e. The number of amides is 1. The minimum Gasteiger partial charge on any atom is -0.479 e. The molecule has 0 bridgehead atoms. The first kappa shape index (κ1) is 12.5. The summed E-state index contributed by atoms with van der Waals surface area (Å²) in [5.74, 6) is 1.37. The Labute approximate surface area is 113 Å². The third-order valence-corrected chi connectivity index (χ3v) is 4.09. The SMILES string of the molecule is CC1Oc2ccc(C3CCCNC3)cc2N(C)C1=O. The van der Waals surface area contributed by atoms with Gasteiger partial charge in [0.15, 0.2) is 6.10 Å². The van der Waals surface area contributed by atoms with E-state index in [1.807, 2.05) is 13.1 Å². The summed E-state index contributed by atoms with van der Waals surface area (Å²) in [6, 6.07) is 6.24. The number of rotatable bonds is 1. The van der Waals surface area contributed by atoms with Crippen LogP contribution in [0.1, 0.15) is 31.2 Å². The normalized spacial score (nSPS) is 26.8. The van der Waals surface area contributed by atoms with Crippen molar-refractivity contribution in [3.8, 4) is 5.75 Å². The number of nitrogens with zero attached hydrogens (tertiary/aromatic N) is 1. The van der Waals surface area contributed by atoms with E-state index in [2.05, 4.69) is 17.4 Å². The predicted octanol–water partition coefficient (Wildman–Crippen LogP) is 1.90. The van der Waals surface area contributed by atoms with Crippen LogP contribution in [0, 0.1) is 0 Å². The minimum absolute atomic E-state index is 0.0198. The number of hydrogen-bond acceptors (Lipinski definition) is 3. The van der Waals surface area contributed by atoms with Crippen molar-refractivity contribution in [2.75, 3.05) is 25.0 Å². The molecule has 2 aliphatic rings. The van der Waals surface area contributed by atoms with Crippen LogP contribution in [0.25, 0.3) is 0 Å². The van der Waals surface area contributed by atoms with E-state index in [1.54, 1.807) is 11.8 Å². The van der Waals surface area contributed by atoms with Gasteiger partial charge in [0.2, 0.25) is 0 Å². The Hall–Kier alpha value is -1.55. The van der Waals surface area contributed by atoms with E-state index in [1.165, 1.54) is 18.4 Å². The van der Waals surface area contributed by atoms with Crippen molar-refractivity contribution >= 4 is 11.6 Å². The number of benzene rings is 1. The minimum atomic E-state index is -0.389. The van der Waals surface area contributed by atoms with Crippen LogP contribution in [0.15, 0.2) is 18.2 Å². The van der Waals surface area contributed by atoms with Crippen molar-refractivity contribution in [2.45, 2.75) is 31.8 Å². The monoisotopic (exact) mass is 260 g/mol. The van der Waals surface area contributed by atoms with Gasteiger partial charge in [0, 0.05) is 13.6 Å². The number of hydrogen-bond donors (Lipinski definition) is 1. The Morgan fingerprint density at radius 2 is 2.26 bits per heavy atom. The molecule has 4 heteroatoms. The molecule has 1 saturated heterocycles. The summed E-state index contributed by atoms with van der Waals surface area (Å²) in [5.41, 5.74) is 2.19. The van der Waals surface area contributed by atoms with E-state index >= 15 is 0 Å². The molecule has 1 amide bonds. The Balaban J connectivity index is 1.92. The lowest BCUT2D eigenvalue weighted by Crippen LogP contribution is -2.42. The fraction of sp³-hybridized carbons (Fsp3) is 0.533. The van der Waals surface area contributed by atoms with E-state index in [0.29, 0.717) is 5.92 Å². The number of piperidine rings is 1. The van der Waals surface area contributed by atoms with Crippen LogP contribution in [-0.2, 0) is 4.79 Å². The topological polar surface area (TPSA) is 41.6 Å². The van der Waals surface area contributed by atoms with Gasteiger partial charge in [0.1, 0.15) is 5.75 Å². The Kier molecular flexibility index (Phi) is 3.19. The lowest BCUT2D eigenvalue weighted by molar-refractivity contribution is -0.125. The maximum absolute atomic E-state index is 12.0. The Morgan fingerprint density at radius 1 is 1.42 bits per heavy atom. The van der Waals surface area contributed by atoms with E-state index < -0.39 is 0 Å². The van der Waals surface area contributed by atoms with Gasteiger partial charge in [-0.05, 0) is 49.9 Å². The van der Waals surface area contributed by atoms with Crippen LogP contribution in [0.3, 0.4) is 0 Å². The summed E-state index contributed by atoms with van der Waals surface area (Å²) >= 11 is 0. The summed E-state index contributed by atoms with van der Waals surface area (Å²) < 4.78 is 5.65. The van der Waals surface area contributed by atoms with Gasteiger partial charge in [-0.25, -0.2) is 0 Å². The molecule has 0 aliphatic carbocycles. The van der Waals surface area contributed by atoms with Gasteiger partial charge in [0.05, 0.1) is 5.69 Å². The van der Waals surface area contributed by atoms with Gasteiger partial charge >= 0.3 is 0 Å². The molecule has 2 unspecified atom stereocenters. The summed E-state index contributed by atoms with van der Waals surface area (Å²) in [6.45, 7) is 3.93. The van der Waals surface area contributed by atoms with Crippen LogP contribution in [-0.4, -0.2) is 32.1 Å². The highest BCUT2D eigenvalue weighted by Gasteiger charge is 2.29. The number of carbonyl (C=O) groups excluding carboxylic acids is 1.